The fraction of sp³-hybridized carbons (Fsp3) is 0.933. The van der Waals surface area contributed by atoms with Gasteiger partial charge in [0.2, 0.25) is 0 Å². The van der Waals surface area contributed by atoms with E-state index in [0.29, 0.717) is 5.92 Å². The van der Waals surface area contributed by atoms with E-state index in [2.05, 4.69) is 37.1 Å². The highest BCUT2D eigenvalue weighted by molar-refractivity contribution is 5.16. The van der Waals surface area contributed by atoms with Crippen molar-refractivity contribution < 1.29 is 0 Å². The van der Waals surface area contributed by atoms with Gasteiger partial charge in [0.05, 0.1) is 6.07 Å². The van der Waals surface area contributed by atoms with Crippen molar-refractivity contribution in [3.8, 4) is 6.07 Å². The molecular weight excluding hydrogens is 222 g/mol. The Morgan fingerprint density at radius 2 is 1.89 bits per heavy atom. The van der Waals surface area contributed by atoms with Gasteiger partial charge < -0.3 is 5.32 Å². The van der Waals surface area contributed by atoms with Gasteiger partial charge in [-0.25, -0.2) is 0 Å². The molecule has 18 heavy (non-hydrogen) atoms. The molecule has 1 aliphatic heterocycles. The lowest BCUT2D eigenvalue weighted by atomic mass is 9.61. The summed E-state index contributed by atoms with van der Waals surface area (Å²) in [6, 6.07) is 2.74. The van der Waals surface area contributed by atoms with Crippen molar-refractivity contribution >= 4 is 0 Å². The normalized spacial score (nSPS) is 35.1. The van der Waals surface area contributed by atoms with Gasteiger partial charge in [-0.2, -0.15) is 5.26 Å². The zero-order valence-corrected chi connectivity index (χ0v) is 12.1. The summed E-state index contributed by atoms with van der Waals surface area (Å²) in [5.74, 6) is 0.502. The maximum atomic E-state index is 9.92. The van der Waals surface area contributed by atoms with Gasteiger partial charge in [0.25, 0.3) is 0 Å². The number of nitrogens with zero attached hydrogens (tertiary/aromatic N) is 2. The standard InChI is InChI=1S/C15H27N3/c1-14(2,3)13-6-4-5-7-15(13,12-16)18-10-8-17-9-11-18/h13,17H,4-11H2,1-3H3. The maximum Gasteiger partial charge on any atom is 0.112 e. The molecule has 0 aromatic heterocycles. The van der Waals surface area contributed by atoms with Crippen molar-refractivity contribution in [2.75, 3.05) is 26.2 Å². The van der Waals surface area contributed by atoms with Crippen molar-refractivity contribution in [1.82, 2.24) is 10.2 Å². The molecule has 2 aliphatic rings. The van der Waals surface area contributed by atoms with E-state index in [4.69, 9.17) is 0 Å². The Hall–Kier alpha value is -0.590. The predicted octanol–water partition coefficient (Wildman–Crippen LogP) is 2.39. The lowest BCUT2D eigenvalue weighted by Gasteiger charge is -2.52. The second kappa shape index (κ2) is 5.19. The van der Waals surface area contributed by atoms with E-state index >= 15 is 0 Å². The van der Waals surface area contributed by atoms with Gasteiger partial charge in [0.15, 0.2) is 0 Å². The first-order valence-corrected chi connectivity index (χ1v) is 7.38. The summed E-state index contributed by atoms with van der Waals surface area (Å²) in [5.41, 5.74) is 0.0135. The van der Waals surface area contributed by atoms with Gasteiger partial charge in [0, 0.05) is 26.2 Å². The highest BCUT2D eigenvalue weighted by Crippen LogP contribution is 2.47. The molecular formula is C15H27N3. The molecule has 1 saturated carbocycles. The lowest BCUT2D eigenvalue weighted by molar-refractivity contribution is -0.0142. The molecule has 0 spiro atoms. The second-order valence-electron chi connectivity index (χ2n) is 6.94. The Kier molecular flexibility index (Phi) is 3.99. The largest absolute Gasteiger partial charge is 0.314 e. The van der Waals surface area contributed by atoms with Crippen LogP contribution >= 0.6 is 0 Å². The van der Waals surface area contributed by atoms with Gasteiger partial charge in [-0.15, -0.1) is 0 Å². The monoisotopic (exact) mass is 249 g/mol. The Balaban J connectivity index is 2.29. The van der Waals surface area contributed by atoms with E-state index in [1.165, 1.54) is 19.3 Å². The summed E-state index contributed by atoms with van der Waals surface area (Å²) in [6.07, 6.45) is 4.77. The van der Waals surface area contributed by atoms with Crippen LogP contribution in [0.3, 0.4) is 0 Å². The van der Waals surface area contributed by atoms with Crippen molar-refractivity contribution in [3.05, 3.63) is 0 Å². The average molecular weight is 249 g/mol. The summed E-state index contributed by atoms with van der Waals surface area (Å²) in [5, 5.41) is 13.3. The van der Waals surface area contributed by atoms with Crippen molar-refractivity contribution in [2.45, 2.75) is 52.0 Å². The Labute approximate surface area is 112 Å². The summed E-state index contributed by atoms with van der Waals surface area (Å²) < 4.78 is 0. The van der Waals surface area contributed by atoms with E-state index in [9.17, 15) is 5.26 Å². The van der Waals surface area contributed by atoms with Crippen LogP contribution in [-0.2, 0) is 0 Å². The first-order chi connectivity index (χ1) is 8.50. The quantitative estimate of drug-likeness (QED) is 0.775. The topological polar surface area (TPSA) is 39.1 Å². The molecule has 102 valence electrons. The van der Waals surface area contributed by atoms with Crippen LogP contribution in [0.15, 0.2) is 0 Å². The molecule has 0 aromatic carbocycles. The summed E-state index contributed by atoms with van der Waals surface area (Å²) >= 11 is 0. The third kappa shape index (κ3) is 2.41. The molecule has 2 rings (SSSR count). The first-order valence-electron chi connectivity index (χ1n) is 7.38. The molecule has 3 heteroatoms. The number of hydrogen-bond acceptors (Lipinski definition) is 3. The number of hydrogen-bond donors (Lipinski definition) is 1. The molecule has 3 nitrogen and oxygen atoms in total. The Morgan fingerprint density at radius 3 is 2.44 bits per heavy atom. The fourth-order valence-corrected chi connectivity index (χ4v) is 3.95. The number of nitriles is 1. The average Bonchev–Trinajstić information content (AvgIpc) is 2.38. The van der Waals surface area contributed by atoms with Crippen LogP contribution in [0.1, 0.15) is 46.5 Å². The lowest BCUT2D eigenvalue weighted by Crippen LogP contribution is -2.62. The summed E-state index contributed by atoms with van der Waals surface area (Å²) in [7, 11) is 0. The van der Waals surface area contributed by atoms with E-state index < -0.39 is 0 Å². The molecule has 1 heterocycles. The van der Waals surface area contributed by atoms with Crippen molar-refractivity contribution in [3.63, 3.8) is 0 Å². The fourth-order valence-electron chi connectivity index (χ4n) is 3.95. The van der Waals surface area contributed by atoms with Gasteiger partial charge in [-0.1, -0.05) is 33.6 Å². The van der Waals surface area contributed by atoms with Crippen LogP contribution < -0.4 is 5.32 Å². The molecule has 2 unspecified atom stereocenters. The van der Waals surface area contributed by atoms with Crippen LogP contribution in [0.25, 0.3) is 0 Å². The highest BCUT2D eigenvalue weighted by Gasteiger charge is 2.50. The highest BCUT2D eigenvalue weighted by atomic mass is 15.2. The maximum absolute atomic E-state index is 9.92. The molecule has 1 N–H and O–H groups in total. The van der Waals surface area contributed by atoms with Crippen molar-refractivity contribution in [2.24, 2.45) is 11.3 Å². The van der Waals surface area contributed by atoms with Gasteiger partial charge in [0.1, 0.15) is 5.54 Å². The number of rotatable bonds is 1. The third-order valence-electron chi connectivity index (χ3n) is 4.80. The molecule has 2 atom stereocenters. The van der Waals surface area contributed by atoms with Gasteiger partial charge in [-0.3, -0.25) is 4.90 Å². The molecule has 1 saturated heterocycles. The van der Waals surface area contributed by atoms with Crippen LogP contribution in [0.4, 0.5) is 0 Å². The predicted molar refractivity (Wildman–Crippen MR) is 74.2 cm³/mol. The third-order valence-corrected chi connectivity index (χ3v) is 4.80. The van der Waals surface area contributed by atoms with Crippen LogP contribution in [0, 0.1) is 22.7 Å². The minimum absolute atomic E-state index is 0.210. The van der Waals surface area contributed by atoms with Crippen LogP contribution in [0.2, 0.25) is 0 Å². The molecule has 2 fully saturated rings. The molecule has 1 aliphatic carbocycles. The minimum Gasteiger partial charge on any atom is -0.314 e. The second-order valence-corrected chi connectivity index (χ2v) is 6.94. The minimum atomic E-state index is -0.210. The molecule has 0 amide bonds. The molecule has 0 radical (unpaired) electrons. The Bertz CT molecular complexity index is 320. The van der Waals surface area contributed by atoms with E-state index in [-0.39, 0.29) is 11.0 Å². The molecule has 0 aromatic rings. The summed E-state index contributed by atoms with van der Waals surface area (Å²) in [4.78, 5) is 2.47. The van der Waals surface area contributed by atoms with E-state index in [0.717, 1.165) is 32.6 Å². The van der Waals surface area contributed by atoms with Crippen molar-refractivity contribution in [1.29, 1.82) is 5.26 Å². The molecule has 0 bridgehead atoms. The zero-order chi connectivity index (χ0) is 13.2. The van der Waals surface area contributed by atoms with Crippen LogP contribution in [0.5, 0.6) is 0 Å². The zero-order valence-electron chi connectivity index (χ0n) is 12.1. The van der Waals surface area contributed by atoms with E-state index in [1.807, 2.05) is 0 Å². The van der Waals surface area contributed by atoms with Gasteiger partial charge in [-0.05, 0) is 24.2 Å². The first kappa shape index (κ1) is 13.8. The van der Waals surface area contributed by atoms with E-state index in [1.54, 1.807) is 0 Å². The number of nitrogens with one attached hydrogen (secondary N) is 1. The number of piperazine rings is 1. The SMILES string of the molecule is CC(C)(C)C1CCCCC1(C#N)N1CCNCC1. The smallest absolute Gasteiger partial charge is 0.112 e. The Morgan fingerprint density at radius 1 is 1.22 bits per heavy atom. The summed E-state index contributed by atoms with van der Waals surface area (Å²) in [6.45, 7) is 11.0. The van der Waals surface area contributed by atoms with Gasteiger partial charge >= 0.3 is 0 Å². The van der Waals surface area contributed by atoms with Crippen LogP contribution in [-0.4, -0.2) is 36.6 Å².